The van der Waals surface area contributed by atoms with Gasteiger partial charge in [0.2, 0.25) is 34.8 Å². The molecule has 0 unspecified atom stereocenters. The van der Waals surface area contributed by atoms with Gasteiger partial charge in [0.25, 0.3) is 6.47 Å². The Morgan fingerprint density at radius 2 is 1.48 bits per heavy atom. The highest BCUT2D eigenvalue weighted by Crippen LogP contribution is 2.28. The molecule has 0 aliphatic carbocycles. The molecule has 0 amide bonds. The molecule has 0 aromatic heterocycles. The van der Waals surface area contributed by atoms with E-state index < -0.39 is 41.3 Å². The molecule has 0 aliphatic heterocycles. The SMILES string of the molecule is CCCOCCc1cccc(OCCOCCN)c1.O=COc1c(F)c(F)c(F)c(F)c1F. The molecule has 0 bridgehead atoms. The molecule has 2 rings (SSSR count). The standard InChI is InChI=1S/C15H25NO3.C7HF5O2/c1-2-8-17-9-6-14-4-3-5-15(13-14)19-12-11-18-10-7-16;8-2-3(9)5(11)7(14-1-13)6(12)4(2)10/h3-5,13H,2,6-12,16H2,1H3;1H. The molecule has 2 aromatic carbocycles. The van der Waals surface area contributed by atoms with Gasteiger partial charge in [-0.15, -0.1) is 0 Å². The molecule has 33 heavy (non-hydrogen) atoms. The van der Waals surface area contributed by atoms with Gasteiger partial charge in [0.05, 0.1) is 19.8 Å². The number of hydrogen-bond acceptors (Lipinski definition) is 6. The zero-order chi connectivity index (χ0) is 24.6. The summed E-state index contributed by atoms with van der Waals surface area (Å²) in [6.07, 6.45) is 1.98. The van der Waals surface area contributed by atoms with Gasteiger partial charge < -0.3 is 24.7 Å². The smallest absolute Gasteiger partial charge is 0.298 e. The first-order valence-electron chi connectivity index (χ1n) is 10.1. The number of rotatable bonds is 13. The lowest BCUT2D eigenvalue weighted by atomic mass is 10.1. The number of ether oxygens (including phenoxy) is 4. The first-order chi connectivity index (χ1) is 15.9. The van der Waals surface area contributed by atoms with Crippen molar-refractivity contribution in [2.75, 3.05) is 39.6 Å². The summed E-state index contributed by atoms with van der Waals surface area (Å²) in [6, 6.07) is 8.11. The van der Waals surface area contributed by atoms with E-state index in [-0.39, 0.29) is 0 Å². The lowest BCUT2D eigenvalue weighted by molar-refractivity contribution is -0.121. The van der Waals surface area contributed by atoms with Crippen LogP contribution in [0.4, 0.5) is 22.0 Å². The molecule has 0 aliphatic rings. The van der Waals surface area contributed by atoms with Crippen LogP contribution in [0.25, 0.3) is 0 Å². The quantitative estimate of drug-likeness (QED) is 0.154. The third kappa shape index (κ3) is 9.72. The van der Waals surface area contributed by atoms with Crippen LogP contribution < -0.4 is 15.2 Å². The van der Waals surface area contributed by atoms with Crippen molar-refractivity contribution >= 4 is 6.47 Å². The number of hydrogen-bond donors (Lipinski definition) is 1. The number of carbonyl (C=O) groups is 1. The Labute approximate surface area is 188 Å². The lowest BCUT2D eigenvalue weighted by Gasteiger charge is -2.08. The third-order valence-electron chi connectivity index (χ3n) is 3.88. The Hall–Kier alpha value is -2.76. The average Bonchev–Trinajstić information content (AvgIpc) is 2.82. The fourth-order valence-electron chi connectivity index (χ4n) is 2.37. The second-order valence-electron chi connectivity index (χ2n) is 6.37. The highest BCUT2D eigenvalue weighted by molar-refractivity contribution is 5.46. The average molecular weight is 479 g/mol. The summed E-state index contributed by atoms with van der Waals surface area (Å²) >= 11 is 0. The van der Waals surface area contributed by atoms with Gasteiger partial charge in [-0.2, -0.15) is 8.78 Å². The third-order valence-corrected chi connectivity index (χ3v) is 3.88. The molecule has 0 heterocycles. The molecule has 2 N–H and O–H groups in total. The van der Waals surface area contributed by atoms with E-state index >= 15 is 0 Å². The van der Waals surface area contributed by atoms with E-state index in [0.29, 0.717) is 26.4 Å². The summed E-state index contributed by atoms with van der Waals surface area (Å²) in [5.74, 6) is -11.7. The molecular weight excluding hydrogens is 453 g/mol. The van der Waals surface area contributed by atoms with Gasteiger partial charge in [-0.25, -0.2) is 13.2 Å². The van der Waals surface area contributed by atoms with E-state index in [9.17, 15) is 26.7 Å². The van der Waals surface area contributed by atoms with Gasteiger partial charge in [-0.1, -0.05) is 19.1 Å². The van der Waals surface area contributed by atoms with Crippen molar-refractivity contribution in [1.82, 2.24) is 0 Å². The van der Waals surface area contributed by atoms with E-state index in [1.807, 2.05) is 12.1 Å². The maximum Gasteiger partial charge on any atom is 0.298 e. The number of nitrogens with two attached hydrogens (primary N) is 1. The lowest BCUT2D eigenvalue weighted by Crippen LogP contribution is -2.13. The minimum absolute atomic E-state index is 0.446. The Morgan fingerprint density at radius 3 is 2.09 bits per heavy atom. The fraction of sp³-hybridized carbons (Fsp3) is 0.409. The van der Waals surface area contributed by atoms with Gasteiger partial charge >= 0.3 is 0 Å². The minimum atomic E-state index is -2.31. The molecule has 0 spiro atoms. The molecule has 184 valence electrons. The predicted molar refractivity (Wildman–Crippen MR) is 110 cm³/mol. The summed E-state index contributed by atoms with van der Waals surface area (Å²) in [4.78, 5) is 9.69. The van der Waals surface area contributed by atoms with Crippen LogP contribution >= 0.6 is 0 Å². The first-order valence-corrected chi connectivity index (χ1v) is 10.1. The van der Waals surface area contributed by atoms with Crippen LogP contribution in [0.3, 0.4) is 0 Å². The maximum atomic E-state index is 12.6. The van der Waals surface area contributed by atoms with Gasteiger partial charge in [0.1, 0.15) is 12.4 Å². The van der Waals surface area contributed by atoms with Gasteiger partial charge in [0.15, 0.2) is 0 Å². The van der Waals surface area contributed by atoms with E-state index in [1.54, 1.807) is 0 Å². The predicted octanol–water partition coefficient (Wildman–Crippen LogP) is 3.93. The Bertz CT molecular complexity index is 840. The molecule has 0 saturated heterocycles. The van der Waals surface area contributed by atoms with Crippen LogP contribution in [0.1, 0.15) is 18.9 Å². The largest absolute Gasteiger partial charge is 0.491 e. The Kier molecular flexibility index (Phi) is 13.7. The van der Waals surface area contributed by atoms with Crippen molar-refractivity contribution in [1.29, 1.82) is 0 Å². The molecule has 6 nitrogen and oxygen atoms in total. The maximum absolute atomic E-state index is 12.6. The number of benzene rings is 2. The number of carbonyl (C=O) groups excluding carboxylic acids is 1. The van der Waals surface area contributed by atoms with Crippen molar-refractivity contribution in [3.63, 3.8) is 0 Å². The molecule has 11 heteroatoms. The van der Waals surface area contributed by atoms with Gasteiger partial charge in [-0.3, -0.25) is 4.79 Å². The zero-order valence-corrected chi connectivity index (χ0v) is 18.1. The van der Waals surface area contributed by atoms with E-state index in [0.717, 1.165) is 31.8 Å². The summed E-state index contributed by atoms with van der Waals surface area (Å²) in [7, 11) is 0. The highest BCUT2D eigenvalue weighted by atomic mass is 19.2. The van der Waals surface area contributed by atoms with Crippen LogP contribution in [0.5, 0.6) is 11.5 Å². The Morgan fingerprint density at radius 1 is 0.848 bits per heavy atom. The monoisotopic (exact) mass is 479 g/mol. The van der Waals surface area contributed by atoms with Gasteiger partial charge in [-0.05, 0) is 30.5 Å². The van der Waals surface area contributed by atoms with Crippen molar-refractivity contribution in [3.05, 3.63) is 58.9 Å². The summed E-state index contributed by atoms with van der Waals surface area (Å²) in [6.45, 7) is 5.51. The minimum Gasteiger partial charge on any atom is -0.491 e. The molecule has 2 aromatic rings. The van der Waals surface area contributed by atoms with Crippen molar-refractivity contribution < 1.29 is 45.7 Å². The van der Waals surface area contributed by atoms with Crippen LogP contribution in [-0.4, -0.2) is 46.1 Å². The second kappa shape index (κ2) is 15.9. The van der Waals surface area contributed by atoms with Crippen molar-refractivity contribution in [2.24, 2.45) is 5.73 Å². The van der Waals surface area contributed by atoms with Crippen LogP contribution in [0.2, 0.25) is 0 Å². The summed E-state index contributed by atoms with van der Waals surface area (Å²) in [5.41, 5.74) is 6.56. The number of halogens is 5. The fourth-order valence-corrected chi connectivity index (χ4v) is 2.37. The molecule has 0 saturated carbocycles. The second-order valence-corrected chi connectivity index (χ2v) is 6.37. The zero-order valence-electron chi connectivity index (χ0n) is 18.1. The topological polar surface area (TPSA) is 80.0 Å². The summed E-state index contributed by atoms with van der Waals surface area (Å²) in [5, 5.41) is 0. The molecule has 0 fully saturated rings. The molecule has 0 radical (unpaired) electrons. The Balaban J connectivity index is 0.000000346. The molecule has 0 atom stereocenters. The van der Waals surface area contributed by atoms with E-state index in [2.05, 4.69) is 23.8 Å². The van der Waals surface area contributed by atoms with Crippen LogP contribution in [-0.2, 0) is 20.7 Å². The van der Waals surface area contributed by atoms with E-state index in [4.69, 9.17) is 19.9 Å². The van der Waals surface area contributed by atoms with E-state index in [1.165, 1.54) is 5.56 Å². The summed E-state index contributed by atoms with van der Waals surface area (Å²) < 4.78 is 82.2. The highest BCUT2D eigenvalue weighted by Gasteiger charge is 2.26. The van der Waals surface area contributed by atoms with Crippen molar-refractivity contribution in [3.8, 4) is 11.5 Å². The normalized spacial score (nSPS) is 10.4. The van der Waals surface area contributed by atoms with Crippen LogP contribution in [0, 0.1) is 29.1 Å². The first kappa shape index (κ1) is 28.3. The molecular formula is C22H26F5NO5. The van der Waals surface area contributed by atoms with Crippen molar-refractivity contribution in [2.45, 2.75) is 19.8 Å². The van der Waals surface area contributed by atoms with Gasteiger partial charge in [0, 0.05) is 13.2 Å². The van der Waals surface area contributed by atoms with Crippen LogP contribution in [0.15, 0.2) is 24.3 Å².